The Labute approximate surface area is 110 Å². The Morgan fingerprint density at radius 3 is 2.67 bits per heavy atom. The molecule has 0 saturated carbocycles. The molecule has 0 fully saturated rings. The van der Waals surface area contributed by atoms with E-state index >= 15 is 0 Å². The molecule has 0 unspecified atom stereocenters. The minimum absolute atomic E-state index is 0.724. The molecule has 0 saturated heterocycles. The van der Waals surface area contributed by atoms with Gasteiger partial charge in [-0.1, -0.05) is 23.7 Å². The van der Waals surface area contributed by atoms with E-state index in [2.05, 4.69) is 16.4 Å². The second kappa shape index (κ2) is 4.67. The van der Waals surface area contributed by atoms with Gasteiger partial charge in [-0.05, 0) is 42.5 Å². The fourth-order valence-electron chi connectivity index (χ4n) is 1.89. The van der Waals surface area contributed by atoms with Crippen LogP contribution in [-0.2, 0) is 0 Å². The van der Waals surface area contributed by atoms with E-state index in [1.54, 1.807) is 6.20 Å². The first-order valence-corrected chi connectivity index (χ1v) is 6.06. The Bertz CT molecular complexity index is 695. The minimum atomic E-state index is 0.724. The SMILES string of the molecule is Clc1cccc(Nc2ccc3ncccc3c2)c1. The summed E-state index contributed by atoms with van der Waals surface area (Å²) in [4.78, 5) is 4.29. The molecule has 1 N–H and O–H groups in total. The lowest BCUT2D eigenvalue weighted by atomic mass is 10.2. The third-order valence-corrected chi connectivity index (χ3v) is 2.95. The molecule has 0 amide bonds. The van der Waals surface area contributed by atoms with Gasteiger partial charge in [0.2, 0.25) is 0 Å². The van der Waals surface area contributed by atoms with Crippen LogP contribution in [-0.4, -0.2) is 4.98 Å². The number of hydrogen-bond donors (Lipinski definition) is 1. The molecule has 88 valence electrons. The number of aromatic nitrogens is 1. The number of nitrogens with zero attached hydrogens (tertiary/aromatic N) is 1. The quantitative estimate of drug-likeness (QED) is 0.721. The second-order valence-corrected chi connectivity index (χ2v) is 4.48. The molecule has 0 radical (unpaired) electrons. The molecule has 0 spiro atoms. The van der Waals surface area contributed by atoms with Gasteiger partial charge in [-0.2, -0.15) is 0 Å². The fourth-order valence-corrected chi connectivity index (χ4v) is 2.08. The van der Waals surface area contributed by atoms with E-state index in [0.29, 0.717) is 0 Å². The molecular weight excluding hydrogens is 244 g/mol. The number of nitrogens with one attached hydrogen (secondary N) is 1. The summed E-state index contributed by atoms with van der Waals surface area (Å²) in [5.74, 6) is 0. The largest absolute Gasteiger partial charge is 0.355 e. The summed E-state index contributed by atoms with van der Waals surface area (Å²) in [6.07, 6.45) is 1.80. The molecule has 3 heteroatoms. The number of hydrogen-bond acceptors (Lipinski definition) is 2. The highest BCUT2D eigenvalue weighted by molar-refractivity contribution is 6.30. The summed E-state index contributed by atoms with van der Waals surface area (Å²) in [5, 5.41) is 5.16. The number of anilines is 2. The van der Waals surface area contributed by atoms with Crippen molar-refractivity contribution >= 4 is 33.9 Å². The van der Waals surface area contributed by atoms with Crippen LogP contribution in [0.3, 0.4) is 0 Å². The van der Waals surface area contributed by atoms with E-state index < -0.39 is 0 Å². The molecule has 0 aliphatic carbocycles. The van der Waals surface area contributed by atoms with Crippen LogP contribution in [0, 0.1) is 0 Å². The number of halogens is 1. The number of rotatable bonds is 2. The Morgan fingerprint density at radius 2 is 1.78 bits per heavy atom. The van der Waals surface area contributed by atoms with Crippen molar-refractivity contribution in [1.82, 2.24) is 4.98 Å². The predicted molar refractivity (Wildman–Crippen MR) is 76.5 cm³/mol. The average Bonchev–Trinajstić information content (AvgIpc) is 2.39. The van der Waals surface area contributed by atoms with Gasteiger partial charge in [0.1, 0.15) is 0 Å². The molecule has 3 rings (SSSR count). The van der Waals surface area contributed by atoms with Crippen LogP contribution in [0.2, 0.25) is 5.02 Å². The molecule has 18 heavy (non-hydrogen) atoms. The predicted octanol–water partition coefficient (Wildman–Crippen LogP) is 4.63. The summed E-state index contributed by atoms with van der Waals surface area (Å²) >= 11 is 5.96. The minimum Gasteiger partial charge on any atom is -0.355 e. The Hall–Kier alpha value is -2.06. The molecule has 0 bridgehead atoms. The van der Waals surface area contributed by atoms with Crippen LogP contribution in [0.4, 0.5) is 11.4 Å². The standard InChI is InChI=1S/C15H11ClN2/c16-12-4-1-5-13(10-12)18-14-6-7-15-11(9-14)3-2-8-17-15/h1-10,18H. The maximum atomic E-state index is 5.96. The molecule has 1 heterocycles. The van der Waals surface area contributed by atoms with Gasteiger partial charge in [0, 0.05) is 28.0 Å². The van der Waals surface area contributed by atoms with Gasteiger partial charge in [0.05, 0.1) is 5.52 Å². The van der Waals surface area contributed by atoms with Crippen molar-refractivity contribution in [3.8, 4) is 0 Å². The number of fused-ring (bicyclic) bond motifs is 1. The maximum absolute atomic E-state index is 5.96. The van der Waals surface area contributed by atoms with Gasteiger partial charge >= 0.3 is 0 Å². The van der Waals surface area contributed by atoms with Crippen LogP contribution >= 0.6 is 11.6 Å². The fraction of sp³-hybridized carbons (Fsp3) is 0. The summed E-state index contributed by atoms with van der Waals surface area (Å²) in [5.41, 5.74) is 3.00. The van der Waals surface area contributed by atoms with Crippen molar-refractivity contribution in [2.75, 3.05) is 5.32 Å². The first kappa shape index (κ1) is 11.1. The zero-order chi connectivity index (χ0) is 12.4. The molecular formula is C15H11ClN2. The van der Waals surface area contributed by atoms with Crippen molar-refractivity contribution in [3.05, 3.63) is 65.8 Å². The summed E-state index contributed by atoms with van der Waals surface area (Å²) in [6, 6.07) is 17.7. The normalized spacial score (nSPS) is 10.5. The lowest BCUT2D eigenvalue weighted by Crippen LogP contribution is -1.90. The van der Waals surface area contributed by atoms with Crippen molar-refractivity contribution < 1.29 is 0 Å². The summed E-state index contributed by atoms with van der Waals surface area (Å²) in [7, 11) is 0. The van der Waals surface area contributed by atoms with Crippen molar-refractivity contribution in [3.63, 3.8) is 0 Å². The van der Waals surface area contributed by atoms with Crippen LogP contribution in [0.15, 0.2) is 60.8 Å². The van der Waals surface area contributed by atoms with Crippen LogP contribution < -0.4 is 5.32 Å². The van der Waals surface area contributed by atoms with E-state index in [9.17, 15) is 0 Å². The Balaban J connectivity index is 1.95. The van der Waals surface area contributed by atoms with Gasteiger partial charge in [0.15, 0.2) is 0 Å². The Kier molecular flexibility index (Phi) is 2.87. The smallest absolute Gasteiger partial charge is 0.0703 e. The van der Waals surface area contributed by atoms with Crippen LogP contribution in [0.1, 0.15) is 0 Å². The molecule has 0 atom stereocenters. The van der Waals surface area contributed by atoms with Crippen LogP contribution in [0.5, 0.6) is 0 Å². The average molecular weight is 255 g/mol. The monoisotopic (exact) mass is 254 g/mol. The van der Waals surface area contributed by atoms with Crippen molar-refractivity contribution in [1.29, 1.82) is 0 Å². The van der Waals surface area contributed by atoms with Gasteiger partial charge in [-0.15, -0.1) is 0 Å². The topological polar surface area (TPSA) is 24.9 Å². The Morgan fingerprint density at radius 1 is 0.889 bits per heavy atom. The van der Waals surface area contributed by atoms with Crippen molar-refractivity contribution in [2.24, 2.45) is 0 Å². The highest BCUT2D eigenvalue weighted by Crippen LogP contribution is 2.22. The highest BCUT2D eigenvalue weighted by atomic mass is 35.5. The number of benzene rings is 2. The van der Waals surface area contributed by atoms with Gasteiger partial charge in [-0.25, -0.2) is 0 Å². The van der Waals surface area contributed by atoms with E-state index in [1.165, 1.54) is 0 Å². The highest BCUT2D eigenvalue weighted by Gasteiger charge is 1.98. The molecule has 0 aliphatic rings. The zero-order valence-electron chi connectivity index (χ0n) is 9.60. The molecule has 2 aromatic carbocycles. The zero-order valence-corrected chi connectivity index (χ0v) is 10.4. The molecule has 0 aliphatic heterocycles. The first-order chi connectivity index (χ1) is 8.81. The van der Waals surface area contributed by atoms with Crippen molar-refractivity contribution in [2.45, 2.75) is 0 Å². The lowest BCUT2D eigenvalue weighted by Gasteiger charge is -2.07. The van der Waals surface area contributed by atoms with E-state index in [1.807, 2.05) is 48.5 Å². The first-order valence-electron chi connectivity index (χ1n) is 5.69. The maximum Gasteiger partial charge on any atom is 0.0703 e. The van der Waals surface area contributed by atoms with E-state index in [-0.39, 0.29) is 0 Å². The van der Waals surface area contributed by atoms with Gasteiger partial charge < -0.3 is 5.32 Å². The van der Waals surface area contributed by atoms with E-state index in [4.69, 9.17) is 11.6 Å². The summed E-state index contributed by atoms with van der Waals surface area (Å²) < 4.78 is 0. The van der Waals surface area contributed by atoms with E-state index in [0.717, 1.165) is 27.3 Å². The summed E-state index contributed by atoms with van der Waals surface area (Å²) in [6.45, 7) is 0. The second-order valence-electron chi connectivity index (χ2n) is 4.05. The lowest BCUT2D eigenvalue weighted by molar-refractivity contribution is 1.41. The third kappa shape index (κ3) is 2.29. The molecule has 1 aromatic heterocycles. The number of pyridine rings is 1. The van der Waals surface area contributed by atoms with Gasteiger partial charge in [0.25, 0.3) is 0 Å². The van der Waals surface area contributed by atoms with Gasteiger partial charge in [-0.3, -0.25) is 4.98 Å². The van der Waals surface area contributed by atoms with Crippen LogP contribution in [0.25, 0.3) is 10.9 Å². The molecule has 3 aromatic rings. The molecule has 2 nitrogen and oxygen atoms in total. The third-order valence-electron chi connectivity index (χ3n) is 2.72.